The molecule has 35 heavy (non-hydrogen) atoms. The second kappa shape index (κ2) is 9.63. The van der Waals surface area contributed by atoms with Crippen molar-refractivity contribution < 1.29 is 19.4 Å². The molecule has 2 aliphatic rings. The predicted octanol–water partition coefficient (Wildman–Crippen LogP) is 1.87. The predicted molar refractivity (Wildman–Crippen MR) is 132 cm³/mol. The van der Waals surface area contributed by atoms with Gasteiger partial charge in [-0.05, 0) is 50.1 Å². The number of carbonyl (C=O) groups excluding carboxylic acids is 1. The van der Waals surface area contributed by atoms with E-state index in [2.05, 4.69) is 11.8 Å². The minimum atomic E-state index is -0.431. The number of amides is 1. The van der Waals surface area contributed by atoms with E-state index in [1.165, 1.54) is 0 Å². The van der Waals surface area contributed by atoms with Crippen LogP contribution in [0.1, 0.15) is 25.3 Å². The number of anilines is 2. The van der Waals surface area contributed by atoms with Crippen LogP contribution in [0.2, 0.25) is 0 Å². The van der Waals surface area contributed by atoms with Gasteiger partial charge in [0.15, 0.2) is 5.65 Å². The first-order valence-electron chi connectivity index (χ1n) is 11.9. The molecule has 3 N–H and O–H groups in total. The monoisotopic (exact) mass is 478 g/mol. The molecular formula is C25H30N6O4. The van der Waals surface area contributed by atoms with Gasteiger partial charge in [0.1, 0.15) is 17.6 Å². The van der Waals surface area contributed by atoms with Crippen molar-refractivity contribution in [3.63, 3.8) is 0 Å². The number of rotatable bonds is 6. The van der Waals surface area contributed by atoms with Crippen LogP contribution in [0.5, 0.6) is 5.75 Å². The Labute approximate surface area is 203 Å². The van der Waals surface area contributed by atoms with Crippen molar-refractivity contribution in [1.82, 2.24) is 15.0 Å². The summed E-state index contributed by atoms with van der Waals surface area (Å²) in [4.78, 5) is 30.8. The third-order valence-corrected chi connectivity index (χ3v) is 6.75. The minimum Gasteiger partial charge on any atom is -0.496 e. The number of methoxy groups -OCH3 is 1. The number of nitrogens with two attached hydrogens (primary N) is 1. The average molecular weight is 479 g/mol. The molecule has 0 spiro atoms. The summed E-state index contributed by atoms with van der Waals surface area (Å²) < 4.78 is 11.0. The first-order valence-corrected chi connectivity index (χ1v) is 11.9. The lowest BCUT2D eigenvalue weighted by Crippen LogP contribution is -2.45. The van der Waals surface area contributed by atoms with Crippen LogP contribution in [-0.2, 0) is 16.1 Å². The van der Waals surface area contributed by atoms with Crippen LogP contribution in [0.25, 0.3) is 22.3 Å². The van der Waals surface area contributed by atoms with Crippen LogP contribution < -0.4 is 20.3 Å². The van der Waals surface area contributed by atoms with Gasteiger partial charge in [0.2, 0.25) is 11.9 Å². The number of hydrogen-bond donors (Lipinski definition) is 2. The molecule has 3 aromatic rings. The van der Waals surface area contributed by atoms with Gasteiger partial charge >= 0.3 is 0 Å². The van der Waals surface area contributed by atoms with E-state index < -0.39 is 6.04 Å². The highest BCUT2D eigenvalue weighted by Gasteiger charge is 2.33. The summed E-state index contributed by atoms with van der Waals surface area (Å²) >= 11 is 0. The largest absolute Gasteiger partial charge is 0.496 e. The van der Waals surface area contributed by atoms with Gasteiger partial charge in [-0.1, -0.05) is 0 Å². The van der Waals surface area contributed by atoms with E-state index in [1.807, 2.05) is 35.2 Å². The molecule has 0 saturated carbocycles. The van der Waals surface area contributed by atoms with E-state index in [0.717, 1.165) is 23.2 Å². The fourth-order valence-corrected chi connectivity index (χ4v) is 4.90. The molecule has 1 amide bonds. The Hall–Kier alpha value is -3.50. The Bertz CT molecular complexity index is 1250. The molecule has 1 aromatic carbocycles. The summed E-state index contributed by atoms with van der Waals surface area (Å²) in [5, 5.41) is 10.6. The highest BCUT2D eigenvalue weighted by Crippen LogP contribution is 2.33. The Morgan fingerprint density at radius 1 is 1.20 bits per heavy atom. The van der Waals surface area contributed by atoms with Crippen LogP contribution in [0.3, 0.4) is 0 Å². The van der Waals surface area contributed by atoms with Gasteiger partial charge in [0.05, 0.1) is 44.1 Å². The Morgan fingerprint density at radius 2 is 2.06 bits per heavy atom. The standard InChI is InChI=1S/C25H30N6O4/c1-15-14-35-11-10-30(15)24-18-6-7-19(16-5-8-21(34-2)17(12-16)13-32)27-23(18)28-25(29-24)31-9-3-4-20(31)22(26)33/h5-8,12,15,20,32H,3-4,9-11,13-14H2,1-2H3,(H2,26,33)/t15-,20+/m0/s1. The maximum Gasteiger partial charge on any atom is 0.240 e. The number of aliphatic hydroxyl groups is 1. The topological polar surface area (TPSA) is 127 Å². The van der Waals surface area contributed by atoms with E-state index in [4.69, 9.17) is 30.2 Å². The molecule has 0 bridgehead atoms. The number of primary amides is 1. The van der Waals surface area contributed by atoms with Gasteiger partial charge in [-0.15, -0.1) is 0 Å². The minimum absolute atomic E-state index is 0.133. The van der Waals surface area contributed by atoms with Crippen LogP contribution in [0.4, 0.5) is 11.8 Å². The number of pyridine rings is 1. The number of aromatic nitrogens is 3. The van der Waals surface area contributed by atoms with Crippen molar-refractivity contribution in [3.05, 3.63) is 35.9 Å². The Kier molecular flexibility index (Phi) is 6.40. The number of ether oxygens (including phenoxy) is 2. The number of aliphatic hydroxyl groups excluding tert-OH is 1. The van der Waals surface area contributed by atoms with Gasteiger partial charge in [-0.3, -0.25) is 4.79 Å². The van der Waals surface area contributed by atoms with Crippen molar-refractivity contribution in [1.29, 1.82) is 0 Å². The second-order valence-corrected chi connectivity index (χ2v) is 8.97. The summed E-state index contributed by atoms with van der Waals surface area (Å²) in [6, 6.07) is 9.21. The quantitative estimate of drug-likeness (QED) is 0.546. The molecule has 2 saturated heterocycles. The van der Waals surface area contributed by atoms with Crippen LogP contribution in [0.15, 0.2) is 30.3 Å². The number of morpholine rings is 1. The van der Waals surface area contributed by atoms with Crippen molar-refractivity contribution in [2.24, 2.45) is 5.73 Å². The van der Waals surface area contributed by atoms with Crippen molar-refractivity contribution in [3.8, 4) is 17.0 Å². The normalized spacial score (nSPS) is 20.4. The molecule has 5 rings (SSSR count). The summed E-state index contributed by atoms with van der Waals surface area (Å²) in [5.41, 5.74) is 8.46. The first kappa shape index (κ1) is 23.3. The van der Waals surface area contributed by atoms with Gasteiger partial charge in [0, 0.05) is 24.2 Å². The Balaban J connectivity index is 1.65. The maximum atomic E-state index is 12.1. The maximum absolute atomic E-state index is 12.1. The van der Waals surface area contributed by atoms with Gasteiger partial charge < -0.3 is 30.1 Å². The summed E-state index contributed by atoms with van der Waals surface area (Å²) in [6.07, 6.45) is 1.53. The zero-order chi connectivity index (χ0) is 24.5. The molecule has 0 aliphatic carbocycles. The summed E-state index contributed by atoms with van der Waals surface area (Å²) in [5.74, 6) is 1.49. The third-order valence-electron chi connectivity index (χ3n) is 6.75. The van der Waals surface area contributed by atoms with Crippen molar-refractivity contribution >= 4 is 28.7 Å². The van der Waals surface area contributed by atoms with Gasteiger partial charge in [-0.25, -0.2) is 4.98 Å². The van der Waals surface area contributed by atoms with E-state index in [0.29, 0.717) is 61.3 Å². The SMILES string of the molecule is COc1ccc(-c2ccc3c(N4CCOC[C@@H]4C)nc(N4CCC[C@@H]4C(N)=O)nc3n2)cc1CO. The first-order chi connectivity index (χ1) is 17.0. The average Bonchev–Trinajstić information content (AvgIpc) is 3.38. The lowest BCUT2D eigenvalue weighted by molar-refractivity contribution is -0.119. The molecule has 4 heterocycles. The fraction of sp³-hybridized carbons (Fsp3) is 0.440. The number of benzene rings is 1. The third kappa shape index (κ3) is 4.35. The molecule has 2 aliphatic heterocycles. The number of carbonyl (C=O) groups is 1. The van der Waals surface area contributed by atoms with Crippen LogP contribution >= 0.6 is 0 Å². The molecule has 2 atom stereocenters. The molecule has 2 fully saturated rings. The van der Waals surface area contributed by atoms with E-state index >= 15 is 0 Å². The zero-order valence-corrected chi connectivity index (χ0v) is 20.0. The molecule has 2 aromatic heterocycles. The van der Waals surface area contributed by atoms with Crippen molar-refractivity contribution in [2.75, 3.05) is 43.2 Å². The number of fused-ring (bicyclic) bond motifs is 1. The summed E-state index contributed by atoms with van der Waals surface area (Å²) in [7, 11) is 1.58. The molecular weight excluding hydrogens is 448 g/mol. The number of nitrogens with zero attached hydrogens (tertiary/aromatic N) is 5. The molecule has 0 unspecified atom stereocenters. The number of hydrogen-bond acceptors (Lipinski definition) is 9. The lowest BCUT2D eigenvalue weighted by atomic mass is 10.1. The smallest absolute Gasteiger partial charge is 0.240 e. The lowest BCUT2D eigenvalue weighted by Gasteiger charge is -2.35. The van der Waals surface area contributed by atoms with Crippen LogP contribution in [-0.4, -0.2) is 71.5 Å². The van der Waals surface area contributed by atoms with E-state index in [1.54, 1.807) is 7.11 Å². The van der Waals surface area contributed by atoms with Gasteiger partial charge in [-0.2, -0.15) is 9.97 Å². The summed E-state index contributed by atoms with van der Waals surface area (Å²) in [6.45, 7) is 4.54. The molecule has 0 radical (unpaired) electrons. The Morgan fingerprint density at radius 3 is 2.80 bits per heavy atom. The molecule has 10 nitrogen and oxygen atoms in total. The van der Waals surface area contributed by atoms with Crippen LogP contribution in [0, 0.1) is 0 Å². The highest BCUT2D eigenvalue weighted by molar-refractivity contribution is 5.91. The van der Waals surface area contributed by atoms with Crippen molar-refractivity contribution in [2.45, 2.75) is 38.5 Å². The molecule has 184 valence electrons. The van der Waals surface area contributed by atoms with E-state index in [-0.39, 0.29) is 18.6 Å². The fourth-order valence-electron chi connectivity index (χ4n) is 4.90. The highest BCUT2D eigenvalue weighted by atomic mass is 16.5. The zero-order valence-electron chi connectivity index (χ0n) is 20.0. The van der Waals surface area contributed by atoms with Gasteiger partial charge in [0.25, 0.3) is 0 Å². The molecule has 10 heteroatoms. The second-order valence-electron chi connectivity index (χ2n) is 8.97. The van der Waals surface area contributed by atoms with E-state index in [9.17, 15) is 9.90 Å².